The SMILES string of the molecule is CCOC(=O)N(O)c1ccc(C(N)=O)cc1. The molecule has 0 atom stereocenters. The van der Waals surface area contributed by atoms with E-state index in [9.17, 15) is 14.8 Å². The predicted octanol–water partition coefficient (Wildman–Crippen LogP) is 1.14. The van der Waals surface area contributed by atoms with E-state index in [0.717, 1.165) is 0 Å². The Kier molecular flexibility index (Phi) is 3.84. The summed E-state index contributed by atoms with van der Waals surface area (Å²) in [7, 11) is 0. The third-order valence-electron chi connectivity index (χ3n) is 1.84. The third-order valence-corrected chi connectivity index (χ3v) is 1.84. The largest absolute Gasteiger partial charge is 0.448 e. The molecule has 6 heteroatoms. The Morgan fingerprint density at radius 3 is 2.38 bits per heavy atom. The Hall–Kier alpha value is -2.08. The molecule has 0 saturated heterocycles. The van der Waals surface area contributed by atoms with Crippen molar-refractivity contribution in [2.75, 3.05) is 11.7 Å². The number of rotatable bonds is 3. The molecular formula is C10H12N2O4. The van der Waals surface area contributed by atoms with Crippen LogP contribution in [0.1, 0.15) is 17.3 Å². The molecule has 0 heterocycles. The maximum absolute atomic E-state index is 11.1. The van der Waals surface area contributed by atoms with Gasteiger partial charge in [-0.3, -0.25) is 10.0 Å². The van der Waals surface area contributed by atoms with Crippen molar-refractivity contribution < 1.29 is 19.5 Å². The van der Waals surface area contributed by atoms with E-state index in [1.54, 1.807) is 6.92 Å². The van der Waals surface area contributed by atoms with E-state index in [-0.39, 0.29) is 12.3 Å². The predicted molar refractivity (Wildman–Crippen MR) is 56.2 cm³/mol. The summed E-state index contributed by atoms with van der Waals surface area (Å²) in [5.41, 5.74) is 5.53. The molecule has 0 aliphatic heterocycles. The van der Waals surface area contributed by atoms with E-state index in [1.165, 1.54) is 24.3 Å². The molecule has 86 valence electrons. The molecule has 0 radical (unpaired) electrons. The second-order valence-electron chi connectivity index (χ2n) is 2.92. The molecule has 0 aliphatic carbocycles. The molecule has 16 heavy (non-hydrogen) atoms. The van der Waals surface area contributed by atoms with Crippen LogP contribution in [0.5, 0.6) is 0 Å². The molecule has 6 nitrogen and oxygen atoms in total. The van der Waals surface area contributed by atoms with Crippen molar-refractivity contribution in [3.63, 3.8) is 0 Å². The van der Waals surface area contributed by atoms with Crippen LogP contribution in [0.25, 0.3) is 0 Å². The number of hydroxylamine groups is 1. The number of benzene rings is 1. The van der Waals surface area contributed by atoms with Gasteiger partial charge < -0.3 is 10.5 Å². The topological polar surface area (TPSA) is 92.9 Å². The summed E-state index contributed by atoms with van der Waals surface area (Å²) >= 11 is 0. The first-order valence-corrected chi connectivity index (χ1v) is 4.62. The van der Waals surface area contributed by atoms with Crippen LogP contribution in [0.3, 0.4) is 0 Å². The minimum Gasteiger partial charge on any atom is -0.448 e. The van der Waals surface area contributed by atoms with Crippen LogP contribution in [0, 0.1) is 0 Å². The highest BCUT2D eigenvalue weighted by Gasteiger charge is 2.14. The fourth-order valence-corrected chi connectivity index (χ4v) is 1.06. The Balaban J connectivity index is 2.81. The second kappa shape index (κ2) is 5.13. The van der Waals surface area contributed by atoms with Gasteiger partial charge in [0.05, 0.1) is 12.3 Å². The van der Waals surface area contributed by atoms with Crippen molar-refractivity contribution in [1.82, 2.24) is 0 Å². The molecule has 0 bridgehead atoms. The second-order valence-corrected chi connectivity index (χ2v) is 2.92. The van der Waals surface area contributed by atoms with E-state index in [2.05, 4.69) is 4.74 Å². The number of primary amides is 1. The zero-order valence-corrected chi connectivity index (χ0v) is 8.71. The van der Waals surface area contributed by atoms with Crippen LogP contribution < -0.4 is 10.8 Å². The zero-order chi connectivity index (χ0) is 12.1. The summed E-state index contributed by atoms with van der Waals surface area (Å²) in [6.45, 7) is 1.79. The van der Waals surface area contributed by atoms with E-state index in [4.69, 9.17) is 5.73 Å². The maximum Gasteiger partial charge on any atom is 0.438 e. The molecule has 0 fully saturated rings. The quantitative estimate of drug-likeness (QED) is 0.594. The van der Waals surface area contributed by atoms with Gasteiger partial charge in [-0.25, -0.2) is 4.79 Å². The summed E-state index contributed by atoms with van der Waals surface area (Å²) < 4.78 is 4.58. The number of amides is 2. The van der Waals surface area contributed by atoms with Gasteiger partial charge >= 0.3 is 6.09 Å². The molecule has 0 aromatic heterocycles. The normalized spacial score (nSPS) is 9.62. The number of anilines is 1. The lowest BCUT2D eigenvalue weighted by atomic mass is 10.2. The fourth-order valence-electron chi connectivity index (χ4n) is 1.06. The minimum absolute atomic E-state index is 0.162. The molecule has 0 saturated carbocycles. The van der Waals surface area contributed by atoms with Crippen LogP contribution >= 0.6 is 0 Å². The molecule has 1 aromatic rings. The van der Waals surface area contributed by atoms with Crippen LogP contribution in [0.4, 0.5) is 10.5 Å². The lowest BCUT2D eigenvalue weighted by molar-refractivity contribution is 0.1000. The van der Waals surface area contributed by atoms with Crippen molar-refractivity contribution in [2.45, 2.75) is 6.92 Å². The highest BCUT2D eigenvalue weighted by molar-refractivity contribution is 5.93. The van der Waals surface area contributed by atoms with E-state index in [1.807, 2.05) is 0 Å². The van der Waals surface area contributed by atoms with Crippen molar-refractivity contribution in [3.8, 4) is 0 Å². The average Bonchev–Trinajstić information content (AvgIpc) is 2.28. The van der Waals surface area contributed by atoms with Gasteiger partial charge in [-0.1, -0.05) is 0 Å². The Morgan fingerprint density at radius 2 is 1.94 bits per heavy atom. The van der Waals surface area contributed by atoms with Crippen molar-refractivity contribution in [2.24, 2.45) is 5.73 Å². The van der Waals surface area contributed by atoms with Crippen LogP contribution in [-0.2, 0) is 4.74 Å². The first kappa shape index (κ1) is 12.0. The highest BCUT2D eigenvalue weighted by Crippen LogP contribution is 2.14. The van der Waals surface area contributed by atoms with Crippen molar-refractivity contribution >= 4 is 17.7 Å². The summed E-state index contributed by atoms with van der Waals surface area (Å²) in [5.74, 6) is -0.577. The Labute approximate surface area is 92.2 Å². The third kappa shape index (κ3) is 2.71. The molecule has 1 aromatic carbocycles. The average molecular weight is 224 g/mol. The standard InChI is InChI=1S/C10H12N2O4/c1-2-16-10(14)12(15)8-5-3-7(4-6-8)9(11)13/h3-6,15H,2H2,1H3,(H2,11,13). The number of nitrogens with two attached hydrogens (primary N) is 1. The Morgan fingerprint density at radius 1 is 1.38 bits per heavy atom. The highest BCUT2D eigenvalue weighted by atomic mass is 16.6. The minimum atomic E-state index is -0.880. The number of hydrogen-bond acceptors (Lipinski definition) is 4. The van der Waals surface area contributed by atoms with E-state index in [0.29, 0.717) is 10.6 Å². The summed E-state index contributed by atoms with van der Waals surface area (Å²) in [4.78, 5) is 21.9. The van der Waals surface area contributed by atoms with Crippen LogP contribution in [0.2, 0.25) is 0 Å². The van der Waals surface area contributed by atoms with Gasteiger partial charge in [0.1, 0.15) is 0 Å². The number of carbonyl (C=O) groups is 2. The number of hydrogen-bond donors (Lipinski definition) is 2. The van der Waals surface area contributed by atoms with Crippen molar-refractivity contribution in [3.05, 3.63) is 29.8 Å². The van der Waals surface area contributed by atoms with Gasteiger partial charge in [0, 0.05) is 5.56 Å². The molecule has 0 spiro atoms. The number of nitrogens with zero attached hydrogens (tertiary/aromatic N) is 1. The molecule has 3 N–H and O–H groups in total. The molecule has 1 rings (SSSR count). The van der Waals surface area contributed by atoms with Gasteiger partial charge in [-0.2, -0.15) is 5.06 Å². The molecule has 0 unspecified atom stereocenters. The summed E-state index contributed by atoms with van der Waals surface area (Å²) in [5, 5.41) is 9.75. The summed E-state index contributed by atoms with van der Waals surface area (Å²) in [6.07, 6.45) is -0.880. The van der Waals surface area contributed by atoms with E-state index < -0.39 is 12.0 Å². The van der Waals surface area contributed by atoms with Crippen LogP contribution in [0.15, 0.2) is 24.3 Å². The van der Waals surface area contributed by atoms with Gasteiger partial charge in [-0.05, 0) is 31.2 Å². The lowest BCUT2D eigenvalue weighted by Crippen LogP contribution is -2.27. The van der Waals surface area contributed by atoms with Crippen LogP contribution in [-0.4, -0.2) is 23.8 Å². The zero-order valence-electron chi connectivity index (χ0n) is 8.71. The van der Waals surface area contributed by atoms with Gasteiger partial charge in [0.25, 0.3) is 0 Å². The monoisotopic (exact) mass is 224 g/mol. The smallest absolute Gasteiger partial charge is 0.438 e. The van der Waals surface area contributed by atoms with Gasteiger partial charge in [-0.15, -0.1) is 0 Å². The maximum atomic E-state index is 11.1. The van der Waals surface area contributed by atoms with E-state index >= 15 is 0 Å². The molecule has 0 aliphatic rings. The van der Waals surface area contributed by atoms with Gasteiger partial charge in [0.15, 0.2) is 0 Å². The number of carbonyl (C=O) groups excluding carboxylic acids is 2. The Bertz CT molecular complexity index is 388. The lowest BCUT2D eigenvalue weighted by Gasteiger charge is -2.14. The number of ether oxygens (including phenoxy) is 1. The fraction of sp³-hybridized carbons (Fsp3) is 0.200. The van der Waals surface area contributed by atoms with Crippen molar-refractivity contribution in [1.29, 1.82) is 0 Å². The first-order valence-electron chi connectivity index (χ1n) is 4.62. The first-order chi connectivity index (χ1) is 7.56. The van der Waals surface area contributed by atoms with Gasteiger partial charge in [0.2, 0.25) is 5.91 Å². The summed E-state index contributed by atoms with van der Waals surface area (Å²) in [6, 6.07) is 5.58. The molecular weight excluding hydrogens is 212 g/mol. The molecule has 2 amide bonds.